The molecule has 2 N–H and O–H groups in total. The smallest absolute Gasteiger partial charge is 0.209 e. The van der Waals surface area contributed by atoms with E-state index < -0.39 is 10.0 Å². The zero-order valence-electron chi connectivity index (χ0n) is 12.1. The van der Waals surface area contributed by atoms with Crippen molar-refractivity contribution in [2.75, 3.05) is 12.4 Å². The summed E-state index contributed by atoms with van der Waals surface area (Å²) < 4.78 is 30.4. The van der Waals surface area contributed by atoms with Crippen LogP contribution in [0.25, 0.3) is 0 Å². The van der Waals surface area contributed by atoms with Gasteiger partial charge in [0.1, 0.15) is 0 Å². The van der Waals surface area contributed by atoms with Crippen LogP contribution in [0.4, 0.5) is 0 Å². The second-order valence-corrected chi connectivity index (χ2v) is 7.67. The van der Waals surface area contributed by atoms with E-state index in [1.165, 1.54) is 0 Å². The van der Waals surface area contributed by atoms with Gasteiger partial charge in [0.05, 0.1) is 24.8 Å². The fourth-order valence-electron chi connectivity index (χ4n) is 2.80. The Morgan fingerprint density at radius 1 is 1.45 bits per heavy atom. The number of primary sulfonamides is 1. The fourth-order valence-corrected chi connectivity index (χ4v) is 4.02. The minimum absolute atomic E-state index is 0.00167. The highest BCUT2D eigenvalue weighted by Gasteiger charge is 2.38. The molecule has 0 bridgehead atoms. The second kappa shape index (κ2) is 5.73. The Morgan fingerprint density at radius 3 is 2.60 bits per heavy atom. The molecule has 0 atom stereocenters. The van der Waals surface area contributed by atoms with Crippen molar-refractivity contribution in [1.29, 1.82) is 0 Å². The first-order chi connectivity index (χ1) is 9.30. The molecule has 7 heteroatoms. The van der Waals surface area contributed by atoms with Gasteiger partial charge in [0, 0.05) is 11.5 Å². The quantitative estimate of drug-likeness (QED) is 0.866. The van der Waals surface area contributed by atoms with Crippen LogP contribution in [0.3, 0.4) is 0 Å². The summed E-state index contributed by atoms with van der Waals surface area (Å²) in [4.78, 5) is 0. The lowest BCUT2D eigenvalue weighted by Gasteiger charge is -2.27. The van der Waals surface area contributed by atoms with Gasteiger partial charge >= 0.3 is 0 Å². The Bertz CT molecular complexity index is 545. The first-order valence-electron chi connectivity index (χ1n) is 6.97. The fraction of sp³-hybridized carbons (Fsp3) is 0.769. The molecule has 114 valence electrons. The Hall–Kier alpha value is -1.08. The topological polar surface area (TPSA) is 87.2 Å². The van der Waals surface area contributed by atoms with E-state index >= 15 is 0 Å². The highest BCUT2D eigenvalue weighted by Crippen LogP contribution is 2.39. The van der Waals surface area contributed by atoms with Crippen molar-refractivity contribution in [2.24, 2.45) is 10.6 Å². The maximum absolute atomic E-state index is 11.4. The van der Waals surface area contributed by atoms with E-state index in [-0.39, 0.29) is 17.2 Å². The number of nitrogens with zero attached hydrogens (tertiary/aromatic N) is 2. The Labute approximate surface area is 120 Å². The summed E-state index contributed by atoms with van der Waals surface area (Å²) in [5, 5.41) is 9.42. The van der Waals surface area contributed by atoms with Gasteiger partial charge in [-0.15, -0.1) is 0 Å². The van der Waals surface area contributed by atoms with E-state index in [0.717, 1.165) is 25.7 Å². The summed E-state index contributed by atoms with van der Waals surface area (Å²) in [7, 11) is -3.48. The van der Waals surface area contributed by atoms with Crippen molar-refractivity contribution in [3.8, 4) is 5.75 Å². The largest absolute Gasteiger partial charge is 0.490 e. The molecule has 0 aliphatic heterocycles. The zero-order valence-corrected chi connectivity index (χ0v) is 12.9. The number of nitrogens with two attached hydrogens (primary N) is 1. The third-order valence-corrected chi connectivity index (χ3v) is 4.84. The van der Waals surface area contributed by atoms with Crippen LogP contribution in [0, 0.1) is 5.41 Å². The van der Waals surface area contributed by atoms with E-state index in [2.05, 4.69) is 5.10 Å². The first-order valence-corrected chi connectivity index (χ1v) is 8.69. The van der Waals surface area contributed by atoms with Crippen LogP contribution in [0.2, 0.25) is 0 Å². The Kier molecular flexibility index (Phi) is 4.39. The molecule has 0 aromatic carbocycles. The van der Waals surface area contributed by atoms with Crippen LogP contribution in [0.15, 0.2) is 12.4 Å². The number of hydrogen-bond donors (Lipinski definition) is 1. The molecule has 0 saturated heterocycles. The molecule has 1 aliphatic rings. The van der Waals surface area contributed by atoms with Gasteiger partial charge in [-0.3, -0.25) is 4.68 Å². The highest BCUT2D eigenvalue weighted by atomic mass is 32.2. The molecule has 1 aromatic rings. The van der Waals surface area contributed by atoms with Crippen molar-refractivity contribution in [2.45, 2.75) is 45.6 Å². The van der Waals surface area contributed by atoms with E-state index in [4.69, 9.17) is 9.88 Å². The maximum atomic E-state index is 11.4. The molecule has 1 heterocycles. The van der Waals surface area contributed by atoms with Gasteiger partial charge in [-0.1, -0.05) is 12.8 Å². The lowest BCUT2D eigenvalue weighted by molar-refractivity contribution is 0.170. The summed E-state index contributed by atoms with van der Waals surface area (Å²) >= 11 is 0. The molecule has 0 unspecified atom stereocenters. The summed E-state index contributed by atoms with van der Waals surface area (Å²) in [5.74, 6) is 0.678. The van der Waals surface area contributed by atoms with Crippen molar-refractivity contribution in [1.82, 2.24) is 9.78 Å². The molecule has 1 saturated carbocycles. The predicted octanol–water partition coefficient (Wildman–Crippen LogP) is 1.69. The van der Waals surface area contributed by atoms with Crippen LogP contribution >= 0.6 is 0 Å². The SMILES string of the molecule is CC(C)n1cc(OCC2(CS(N)(=O)=O)CCCC2)cn1. The summed E-state index contributed by atoms with van der Waals surface area (Å²) in [6, 6.07) is 0.275. The normalized spacial score (nSPS) is 18.6. The molecule has 0 spiro atoms. The van der Waals surface area contributed by atoms with E-state index in [1.807, 2.05) is 24.7 Å². The van der Waals surface area contributed by atoms with Crippen LogP contribution in [0.1, 0.15) is 45.6 Å². The van der Waals surface area contributed by atoms with Gasteiger partial charge in [0.15, 0.2) is 5.75 Å². The van der Waals surface area contributed by atoms with Crippen molar-refractivity contribution < 1.29 is 13.2 Å². The minimum Gasteiger partial charge on any atom is -0.490 e. The maximum Gasteiger partial charge on any atom is 0.209 e. The average molecular weight is 301 g/mol. The third kappa shape index (κ3) is 3.96. The monoisotopic (exact) mass is 301 g/mol. The summed E-state index contributed by atoms with van der Waals surface area (Å²) in [6.45, 7) is 4.46. The van der Waals surface area contributed by atoms with Gasteiger partial charge in [-0.2, -0.15) is 5.10 Å². The van der Waals surface area contributed by atoms with Crippen LogP contribution < -0.4 is 9.88 Å². The number of ether oxygens (including phenoxy) is 1. The van der Waals surface area contributed by atoms with Crippen LogP contribution in [-0.4, -0.2) is 30.6 Å². The summed E-state index contributed by atoms with van der Waals surface area (Å²) in [5.41, 5.74) is -0.340. The van der Waals surface area contributed by atoms with Crippen molar-refractivity contribution in [3.63, 3.8) is 0 Å². The molecule has 6 nitrogen and oxygen atoms in total. The number of aromatic nitrogens is 2. The average Bonchev–Trinajstić information content (AvgIpc) is 2.93. The molecule has 0 amide bonds. The predicted molar refractivity (Wildman–Crippen MR) is 77.0 cm³/mol. The van der Waals surface area contributed by atoms with Crippen LogP contribution in [-0.2, 0) is 10.0 Å². The highest BCUT2D eigenvalue weighted by molar-refractivity contribution is 7.89. The molecule has 1 aliphatic carbocycles. The molecule has 1 aromatic heterocycles. The molecule has 1 fully saturated rings. The molecule has 20 heavy (non-hydrogen) atoms. The van der Waals surface area contributed by atoms with E-state index in [1.54, 1.807) is 6.20 Å². The van der Waals surface area contributed by atoms with Gasteiger partial charge in [-0.05, 0) is 26.7 Å². The lowest BCUT2D eigenvalue weighted by Crippen LogP contribution is -2.36. The lowest BCUT2D eigenvalue weighted by atomic mass is 9.90. The molecular formula is C13H23N3O3S. The van der Waals surface area contributed by atoms with Gasteiger partial charge in [0.25, 0.3) is 0 Å². The molecule has 2 rings (SSSR count). The van der Waals surface area contributed by atoms with E-state index in [9.17, 15) is 8.42 Å². The van der Waals surface area contributed by atoms with Crippen LogP contribution in [0.5, 0.6) is 5.75 Å². The second-order valence-electron chi connectivity index (χ2n) is 6.05. The van der Waals surface area contributed by atoms with Gasteiger partial charge < -0.3 is 4.74 Å². The zero-order chi connectivity index (χ0) is 14.8. The third-order valence-electron chi connectivity index (χ3n) is 3.82. The first kappa shape index (κ1) is 15.3. The molecular weight excluding hydrogens is 278 g/mol. The number of hydrogen-bond acceptors (Lipinski definition) is 4. The number of rotatable bonds is 6. The van der Waals surface area contributed by atoms with E-state index in [0.29, 0.717) is 12.4 Å². The number of sulfonamides is 1. The standard InChI is InChI=1S/C13H23N3O3S/c1-11(2)16-8-12(7-15-16)19-9-13(5-3-4-6-13)10-20(14,17)18/h7-8,11H,3-6,9-10H2,1-2H3,(H2,14,17,18). The van der Waals surface area contributed by atoms with Crippen molar-refractivity contribution in [3.05, 3.63) is 12.4 Å². The Morgan fingerprint density at radius 2 is 2.10 bits per heavy atom. The van der Waals surface area contributed by atoms with Crippen molar-refractivity contribution >= 4 is 10.0 Å². The van der Waals surface area contributed by atoms with Gasteiger partial charge in [0.2, 0.25) is 10.0 Å². The van der Waals surface area contributed by atoms with Gasteiger partial charge in [-0.25, -0.2) is 13.6 Å². The minimum atomic E-state index is -3.48. The molecule has 0 radical (unpaired) electrons. The summed E-state index contributed by atoms with van der Waals surface area (Å²) in [6.07, 6.45) is 7.27. The Balaban J connectivity index is 2.02.